The minimum atomic E-state index is 0.0994. The van der Waals surface area contributed by atoms with Crippen LogP contribution in [0.5, 0.6) is 0 Å². The Balaban J connectivity index is 1.59. The van der Waals surface area contributed by atoms with Crippen molar-refractivity contribution in [3.05, 3.63) is 66.0 Å². The highest BCUT2D eigenvalue weighted by atomic mass is 32.2. The molecule has 0 saturated carbocycles. The van der Waals surface area contributed by atoms with Crippen LogP contribution < -0.4 is 5.32 Å². The van der Waals surface area contributed by atoms with E-state index in [9.17, 15) is 4.79 Å². The fourth-order valence-corrected chi connectivity index (χ4v) is 2.62. The van der Waals surface area contributed by atoms with Gasteiger partial charge in [-0.25, -0.2) is 0 Å². The number of rotatable bonds is 7. The molecular formula is C16H18N2OS. The zero-order chi connectivity index (χ0) is 14.0. The minimum absolute atomic E-state index is 0.0994. The van der Waals surface area contributed by atoms with E-state index in [4.69, 9.17) is 0 Å². The number of nitrogens with zero attached hydrogens (tertiary/aromatic N) is 1. The van der Waals surface area contributed by atoms with Crippen LogP contribution in [0, 0.1) is 0 Å². The smallest absolute Gasteiger partial charge is 0.221 e. The second-order valence-electron chi connectivity index (χ2n) is 4.42. The number of pyridine rings is 1. The van der Waals surface area contributed by atoms with Crippen LogP contribution in [0.1, 0.15) is 17.5 Å². The van der Waals surface area contributed by atoms with Crippen molar-refractivity contribution < 1.29 is 4.79 Å². The SMILES string of the molecule is O=C(CCSCc1ccccc1)NCc1ccncc1. The molecule has 20 heavy (non-hydrogen) atoms. The second kappa shape index (κ2) is 8.38. The zero-order valence-corrected chi connectivity index (χ0v) is 12.1. The van der Waals surface area contributed by atoms with Gasteiger partial charge in [-0.15, -0.1) is 0 Å². The van der Waals surface area contributed by atoms with Gasteiger partial charge in [-0.2, -0.15) is 11.8 Å². The summed E-state index contributed by atoms with van der Waals surface area (Å²) < 4.78 is 0. The number of carbonyl (C=O) groups excluding carboxylic acids is 1. The van der Waals surface area contributed by atoms with Crippen LogP contribution in [-0.2, 0) is 17.1 Å². The Labute approximate surface area is 123 Å². The summed E-state index contributed by atoms with van der Waals surface area (Å²) in [5, 5.41) is 2.92. The Morgan fingerprint density at radius 2 is 1.80 bits per heavy atom. The molecule has 1 aromatic carbocycles. The highest BCUT2D eigenvalue weighted by Gasteiger charge is 2.01. The molecule has 0 radical (unpaired) electrons. The summed E-state index contributed by atoms with van der Waals surface area (Å²) in [6.45, 7) is 0.574. The van der Waals surface area contributed by atoms with E-state index in [1.807, 2.05) is 30.3 Å². The predicted molar refractivity (Wildman–Crippen MR) is 83.3 cm³/mol. The normalized spacial score (nSPS) is 10.2. The van der Waals surface area contributed by atoms with Crippen molar-refractivity contribution in [1.29, 1.82) is 0 Å². The van der Waals surface area contributed by atoms with Gasteiger partial charge in [0.2, 0.25) is 5.91 Å². The molecule has 0 bridgehead atoms. The van der Waals surface area contributed by atoms with E-state index in [2.05, 4.69) is 22.4 Å². The molecule has 1 N–H and O–H groups in total. The van der Waals surface area contributed by atoms with Gasteiger partial charge in [-0.3, -0.25) is 9.78 Å². The lowest BCUT2D eigenvalue weighted by Crippen LogP contribution is -2.22. The zero-order valence-electron chi connectivity index (χ0n) is 11.3. The first-order valence-electron chi connectivity index (χ1n) is 6.62. The van der Waals surface area contributed by atoms with Crippen molar-refractivity contribution in [3.63, 3.8) is 0 Å². The average molecular weight is 286 g/mol. The van der Waals surface area contributed by atoms with E-state index in [1.165, 1.54) is 5.56 Å². The average Bonchev–Trinajstić information content (AvgIpc) is 2.52. The summed E-state index contributed by atoms with van der Waals surface area (Å²) in [5.74, 6) is 1.90. The maximum Gasteiger partial charge on any atom is 0.221 e. The Kier molecular flexibility index (Phi) is 6.11. The highest BCUT2D eigenvalue weighted by molar-refractivity contribution is 7.98. The summed E-state index contributed by atoms with van der Waals surface area (Å²) >= 11 is 1.79. The van der Waals surface area contributed by atoms with Crippen molar-refractivity contribution >= 4 is 17.7 Å². The van der Waals surface area contributed by atoms with Gasteiger partial charge >= 0.3 is 0 Å². The molecule has 1 aromatic heterocycles. The third-order valence-corrected chi connectivity index (χ3v) is 3.85. The van der Waals surface area contributed by atoms with Gasteiger partial charge in [0.05, 0.1) is 0 Å². The molecular weight excluding hydrogens is 268 g/mol. The number of carbonyl (C=O) groups is 1. The fraction of sp³-hybridized carbons (Fsp3) is 0.250. The third kappa shape index (κ3) is 5.45. The van der Waals surface area contributed by atoms with Crippen LogP contribution in [0.3, 0.4) is 0 Å². The number of thioether (sulfide) groups is 1. The Bertz CT molecular complexity index is 517. The van der Waals surface area contributed by atoms with Crippen LogP contribution >= 0.6 is 11.8 Å². The topological polar surface area (TPSA) is 42.0 Å². The lowest BCUT2D eigenvalue weighted by atomic mass is 10.2. The minimum Gasteiger partial charge on any atom is -0.352 e. The first-order valence-corrected chi connectivity index (χ1v) is 7.77. The summed E-state index contributed by atoms with van der Waals surface area (Å²) in [6.07, 6.45) is 4.02. The summed E-state index contributed by atoms with van der Waals surface area (Å²) in [7, 11) is 0. The molecule has 1 heterocycles. The quantitative estimate of drug-likeness (QED) is 0.796. The van der Waals surface area contributed by atoms with Crippen molar-refractivity contribution in [2.24, 2.45) is 0 Å². The first-order chi connectivity index (χ1) is 9.84. The molecule has 3 nitrogen and oxygen atoms in total. The Morgan fingerprint density at radius 1 is 1.05 bits per heavy atom. The highest BCUT2D eigenvalue weighted by Crippen LogP contribution is 2.12. The van der Waals surface area contributed by atoms with Crippen LogP contribution in [0.15, 0.2) is 54.9 Å². The van der Waals surface area contributed by atoms with E-state index < -0.39 is 0 Å². The Hall–Kier alpha value is -1.81. The van der Waals surface area contributed by atoms with E-state index >= 15 is 0 Å². The molecule has 2 rings (SSSR count). The van der Waals surface area contributed by atoms with Gasteiger partial charge in [-0.1, -0.05) is 30.3 Å². The second-order valence-corrected chi connectivity index (χ2v) is 5.53. The molecule has 2 aromatic rings. The molecule has 0 saturated heterocycles. The van der Waals surface area contributed by atoms with E-state index in [-0.39, 0.29) is 5.91 Å². The fourth-order valence-electron chi connectivity index (χ4n) is 1.72. The molecule has 0 aliphatic carbocycles. The largest absolute Gasteiger partial charge is 0.352 e. The summed E-state index contributed by atoms with van der Waals surface area (Å²) in [5.41, 5.74) is 2.37. The van der Waals surface area contributed by atoms with E-state index in [1.54, 1.807) is 24.2 Å². The molecule has 1 amide bonds. The maximum absolute atomic E-state index is 11.7. The molecule has 0 aliphatic rings. The summed E-state index contributed by atoms with van der Waals surface area (Å²) in [4.78, 5) is 15.6. The molecule has 4 heteroatoms. The van der Waals surface area contributed by atoms with Gasteiger partial charge in [0.25, 0.3) is 0 Å². The maximum atomic E-state index is 11.7. The monoisotopic (exact) mass is 286 g/mol. The van der Waals surface area contributed by atoms with Crippen LogP contribution in [0.2, 0.25) is 0 Å². The molecule has 0 spiro atoms. The van der Waals surface area contributed by atoms with Gasteiger partial charge in [0.15, 0.2) is 0 Å². The first kappa shape index (κ1) is 14.6. The third-order valence-electron chi connectivity index (χ3n) is 2.82. The predicted octanol–water partition coefficient (Wildman–Crippen LogP) is 3.02. The van der Waals surface area contributed by atoms with Crippen LogP contribution in [0.25, 0.3) is 0 Å². The lowest BCUT2D eigenvalue weighted by Gasteiger charge is -2.05. The van der Waals surface area contributed by atoms with E-state index in [0.717, 1.165) is 17.1 Å². The van der Waals surface area contributed by atoms with Crippen molar-refractivity contribution in [1.82, 2.24) is 10.3 Å². The number of hydrogen-bond acceptors (Lipinski definition) is 3. The molecule has 0 aliphatic heterocycles. The van der Waals surface area contributed by atoms with Crippen molar-refractivity contribution in [2.75, 3.05) is 5.75 Å². The Morgan fingerprint density at radius 3 is 2.55 bits per heavy atom. The lowest BCUT2D eigenvalue weighted by molar-refractivity contribution is -0.120. The van der Waals surface area contributed by atoms with Crippen LogP contribution in [0.4, 0.5) is 0 Å². The van der Waals surface area contributed by atoms with Crippen LogP contribution in [-0.4, -0.2) is 16.6 Å². The molecule has 104 valence electrons. The standard InChI is InChI=1S/C16H18N2OS/c19-16(18-12-14-6-9-17-10-7-14)8-11-20-13-15-4-2-1-3-5-15/h1-7,9-10H,8,11-13H2,(H,18,19). The summed E-state index contributed by atoms with van der Waals surface area (Å²) in [6, 6.07) is 14.1. The van der Waals surface area contributed by atoms with Gasteiger partial charge in [-0.05, 0) is 23.3 Å². The number of benzene rings is 1. The van der Waals surface area contributed by atoms with Gasteiger partial charge < -0.3 is 5.32 Å². The molecule has 0 fully saturated rings. The molecule has 0 atom stereocenters. The number of aromatic nitrogens is 1. The molecule has 0 unspecified atom stereocenters. The number of hydrogen-bond donors (Lipinski definition) is 1. The van der Waals surface area contributed by atoms with Crippen molar-refractivity contribution in [3.8, 4) is 0 Å². The number of nitrogens with one attached hydrogen (secondary N) is 1. The van der Waals surface area contributed by atoms with Crippen molar-refractivity contribution in [2.45, 2.75) is 18.7 Å². The van der Waals surface area contributed by atoms with Gasteiger partial charge in [0.1, 0.15) is 0 Å². The van der Waals surface area contributed by atoms with E-state index in [0.29, 0.717) is 13.0 Å². The number of amides is 1. The van der Waals surface area contributed by atoms with Gasteiger partial charge in [0, 0.05) is 36.9 Å².